The maximum Gasteiger partial charge on any atom is 0.349 e. The van der Waals surface area contributed by atoms with Gasteiger partial charge in [0, 0.05) is 26.9 Å². The molecule has 0 unspecified atom stereocenters. The van der Waals surface area contributed by atoms with E-state index in [4.69, 9.17) is 46.9 Å². The van der Waals surface area contributed by atoms with Gasteiger partial charge in [-0.1, -0.05) is 23.2 Å². The smallest absolute Gasteiger partial charge is 0.349 e. The van der Waals surface area contributed by atoms with Crippen molar-refractivity contribution in [1.82, 2.24) is 10.9 Å². The van der Waals surface area contributed by atoms with Crippen LogP contribution >= 0.6 is 23.2 Å². The Morgan fingerprint density at radius 3 is 1.48 bits per heavy atom. The highest BCUT2D eigenvalue weighted by Crippen LogP contribution is 2.38. The lowest BCUT2D eigenvalue weighted by atomic mass is 10.1. The standard InChI is InChI=1S/C35H29Cl2N3O12/c1-48-25-16-21(17-26(49-2)27(25)50-3)30(41)38-24-14-8-18(9-15-24)31(42)39-40-32(43)28(51-34(46)19-4-10-22(36)11-5-19)29(33(44)45)52-35(47)20-6-12-23(37)13-7-20/h4-17,28-29H,1-3H3,(H,38,41)(H,39,42)(H,40,43)(H,44,45)/t28-,29-/m1/s1. The van der Waals surface area contributed by atoms with Crippen molar-refractivity contribution in [2.75, 3.05) is 26.6 Å². The van der Waals surface area contributed by atoms with Crippen molar-refractivity contribution < 1.29 is 57.6 Å². The number of hydrogen-bond acceptors (Lipinski definition) is 11. The Hall–Kier alpha value is -6.32. The number of methoxy groups -OCH3 is 3. The van der Waals surface area contributed by atoms with Crippen LogP contribution in [0.2, 0.25) is 10.0 Å². The Kier molecular flexibility index (Phi) is 13.0. The van der Waals surface area contributed by atoms with Crippen LogP contribution in [0.3, 0.4) is 0 Å². The fourth-order valence-electron chi connectivity index (χ4n) is 4.42. The second-order valence-electron chi connectivity index (χ2n) is 10.4. The van der Waals surface area contributed by atoms with Crippen LogP contribution in [0.15, 0.2) is 84.9 Å². The van der Waals surface area contributed by atoms with Crippen LogP contribution in [0.1, 0.15) is 41.4 Å². The van der Waals surface area contributed by atoms with E-state index < -0.39 is 47.8 Å². The number of ether oxygens (including phenoxy) is 5. The second kappa shape index (κ2) is 17.6. The van der Waals surface area contributed by atoms with Gasteiger partial charge in [-0.2, -0.15) is 0 Å². The average molecular weight is 755 g/mol. The number of rotatable bonds is 13. The number of carboxylic acids is 1. The average Bonchev–Trinajstić information content (AvgIpc) is 3.14. The Balaban J connectivity index is 1.47. The van der Waals surface area contributed by atoms with E-state index >= 15 is 0 Å². The Morgan fingerprint density at radius 2 is 1.04 bits per heavy atom. The van der Waals surface area contributed by atoms with Crippen LogP contribution in [0.4, 0.5) is 5.69 Å². The van der Waals surface area contributed by atoms with Crippen molar-refractivity contribution in [1.29, 1.82) is 0 Å². The van der Waals surface area contributed by atoms with E-state index in [1.807, 2.05) is 5.43 Å². The first-order chi connectivity index (χ1) is 24.8. The molecule has 0 aromatic heterocycles. The minimum atomic E-state index is -2.37. The van der Waals surface area contributed by atoms with Crippen LogP contribution in [0, 0.1) is 0 Å². The van der Waals surface area contributed by atoms with Gasteiger partial charge >= 0.3 is 17.9 Å². The van der Waals surface area contributed by atoms with Gasteiger partial charge in [0.05, 0.1) is 32.5 Å². The van der Waals surface area contributed by atoms with E-state index in [9.17, 15) is 33.9 Å². The molecule has 0 saturated carbocycles. The summed E-state index contributed by atoms with van der Waals surface area (Å²) < 4.78 is 26.1. The predicted molar refractivity (Wildman–Crippen MR) is 185 cm³/mol. The molecule has 52 heavy (non-hydrogen) atoms. The summed E-state index contributed by atoms with van der Waals surface area (Å²) in [5.74, 6) is -6.14. The molecule has 0 fully saturated rings. The van der Waals surface area contributed by atoms with Gasteiger partial charge in [-0.3, -0.25) is 25.2 Å². The number of amides is 3. The number of esters is 2. The van der Waals surface area contributed by atoms with Gasteiger partial charge in [-0.15, -0.1) is 0 Å². The number of hydrogen-bond donors (Lipinski definition) is 4. The number of carbonyl (C=O) groups excluding carboxylic acids is 5. The van der Waals surface area contributed by atoms with E-state index in [-0.39, 0.29) is 43.8 Å². The van der Waals surface area contributed by atoms with Gasteiger partial charge in [0.25, 0.3) is 17.7 Å². The van der Waals surface area contributed by atoms with Gasteiger partial charge in [0.15, 0.2) is 11.5 Å². The molecule has 17 heteroatoms. The van der Waals surface area contributed by atoms with Gasteiger partial charge < -0.3 is 34.1 Å². The summed E-state index contributed by atoms with van der Waals surface area (Å²) >= 11 is 11.7. The lowest BCUT2D eigenvalue weighted by molar-refractivity contribution is -0.159. The van der Waals surface area contributed by atoms with Crippen molar-refractivity contribution in [3.05, 3.63) is 117 Å². The number of hydrazine groups is 1. The number of anilines is 1. The SMILES string of the molecule is COc1cc(C(=O)Nc2ccc(C(=O)NNC(=O)[C@H](OC(=O)c3ccc(Cl)cc3)[C@@H](OC(=O)c3ccc(Cl)cc3)C(=O)O)cc2)cc(OC)c1OC. The first kappa shape index (κ1) is 38.5. The van der Waals surface area contributed by atoms with Crippen molar-refractivity contribution in [2.45, 2.75) is 12.2 Å². The highest BCUT2D eigenvalue weighted by atomic mass is 35.5. The highest BCUT2D eigenvalue weighted by molar-refractivity contribution is 6.31. The van der Waals surface area contributed by atoms with Crippen LogP contribution in [-0.4, -0.2) is 74.3 Å². The first-order valence-corrected chi connectivity index (χ1v) is 15.6. The number of halogens is 2. The molecule has 0 aliphatic rings. The Bertz CT molecular complexity index is 1950. The maximum absolute atomic E-state index is 13.3. The van der Waals surface area contributed by atoms with Gasteiger partial charge in [-0.25, -0.2) is 14.4 Å². The molecule has 3 amide bonds. The third-order valence-corrected chi connectivity index (χ3v) is 7.54. The molecule has 0 bridgehead atoms. The van der Waals surface area contributed by atoms with Gasteiger partial charge in [-0.05, 0) is 84.9 Å². The zero-order valence-corrected chi connectivity index (χ0v) is 28.9. The molecule has 270 valence electrons. The van der Waals surface area contributed by atoms with E-state index in [0.717, 1.165) is 0 Å². The third kappa shape index (κ3) is 9.68. The number of benzene rings is 4. The minimum Gasteiger partial charge on any atom is -0.493 e. The van der Waals surface area contributed by atoms with Gasteiger partial charge in [0.2, 0.25) is 18.0 Å². The number of nitrogens with one attached hydrogen (secondary N) is 3. The Morgan fingerprint density at radius 1 is 0.577 bits per heavy atom. The number of carboxylic acid groups (broad SMARTS) is 1. The van der Waals surface area contributed by atoms with Crippen LogP contribution in [0.25, 0.3) is 0 Å². The fraction of sp³-hybridized carbons (Fsp3) is 0.143. The summed E-state index contributed by atoms with van der Waals surface area (Å²) in [5, 5.41) is 13.2. The molecule has 0 radical (unpaired) electrons. The van der Waals surface area contributed by atoms with Gasteiger partial charge in [0.1, 0.15) is 0 Å². The number of carbonyl (C=O) groups is 6. The van der Waals surface area contributed by atoms with Crippen molar-refractivity contribution >= 4 is 64.5 Å². The Labute approximate surface area is 305 Å². The topological polar surface area (TPSA) is 205 Å². The lowest BCUT2D eigenvalue weighted by Crippen LogP contribution is -2.54. The molecule has 4 rings (SSSR count). The molecular formula is C35H29Cl2N3O12. The summed E-state index contributed by atoms with van der Waals surface area (Å²) in [6.07, 6.45) is -4.67. The molecule has 0 aliphatic heterocycles. The normalized spacial score (nSPS) is 11.6. The summed E-state index contributed by atoms with van der Waals surface area (Å²) in [7, 11) is 4.23. The molecule has 4 aromatic rings. The largest absolute Gasteiger partial charge is 0.493 e. The summed E-state index contributed by atoms with van der Waals surface area (Å²) in [5.41, 5.74) is 4.31. The number of aliphatic carboxylic acids is 1. The lowest BCUT2D eigenvalue weighted by Gasteiger charge is -2.23. The molecule has 4 N–H and O–H groups in total. The predicted octanol–water partition coefficient (Wildman–Crippen LogP) is 4.57. The summed E-state index contributed by atoms with van der Waals surface area (Å²) in [6.45, 7) is 0. The molecule has 0 heterocycles. The van der Waals surface area contributed by atoms with Crippen molar-refractivity contribution in [2.24, 2.45) is 0 Å². The van der Waals surface area contributed by atoms with Crippen LogP contribution in [-0.2, 0) is 19.1 Å². The van der Waals surface area contributed by atoms with Crippen LogP contribution in [0.5, 0.6) is 17.2 Å². The van der Waals surface area contributed by atoms with E-state index in [0.29, 0.717) is 11.4 Å². The van der Waals surface area contributed by atoms with E-state index in [1.165, 1.54) is 106 Å². The first-order valence-electron chi connectivity index (χ1n) is 14.8. The minimum absolute atomic E-state index is 0.00950. The molecule has 0 saturated heterocycles. The van der Waals surface area contributed by atoms with Crippen molar-refractivity contribution in [3.63, 3.8) is 0 Å². The molecule has 4 aromatic carbocycles. The molecule has 2 atom stereocenters. The zero-order chi connectivity index (χ0) is 37.9. The fourth-order valence-corrected chi connectivity index (χ4v) is 4.67. The highest BCUT2D eigenvalue weighted by Gasteiger charge is 2.41. The monoisotopic (exact) mass is 753 g/mol. The molecule has 0 aliphatic carbocycles. The van der Waals surface area contributed by atoms with Crippen molar-refractivity contribution in [3.8, 4) is 17.2 Å². The van der Waals surface area contributed by atoms with E-state index in [2.05, 4.69) is 10.7 Å². The maximum atomic E-state index is 13.3. The summed E-state index contributed by atoms with van der Waals surface area (Å²) in [4.78, 5) is 77.1. The molecule has 15 nitrogen and oxygen atoms in total. The van der Waals surface area contributed by atoms with Crippen LogP contribution < -0.4 is 30.4 Å². The molecule has 0 spiro atoms. The quantitative estimate of drug-likeness (QED) is 0.110. The second-order valence-corrected chi connectivity index (χ2v) is 11.3. The summed E-state index contributed by atoms with van der Waals surface area (Å²) in [6, 6.07) is 18.8. The van der Waals surface area contributed by atoms with E-state index in [1.54, 1.807) is 0 Å². The zero-order valence-electron chi connectivity index (χ0n) is 27.4. The third-order valence-electron chi connectivity index (χ3n) is 7.04. The molecular weight excluding hydrogens is 725 g/mol.